The van der Waals surface area contributed by atoms with Gasteiger partial charge in [0.2, 0.25) is 5.95 Å². The largest absolute Gasteiger partial charge is 0.391 e. The maximum atomic E-state index is 9.93. The average molecular weight is 347 g/mol. The molecule has 7 heteroatoms. The Morgan fingerprint density at radius 1 is 1.20 bits per heavy atom. The van der Waals surface area contributed by atoms with Crippen molar-refractivity contribution in [1.29, 1.82) is 0 Å². The molecule has 138 valence electrons. The van der Waals surface area contributed by atoms with Crippen LogP contribution in [0.15, 0.2) is 12.3 Å². The topological polar surface area (TPSA) is 65.0 Å². The Kier molecular flexibility index (Phi) is 4.80. The number of anilines is 2. The first-order valence-corrected chi connectivity index (χ1v) is 9.47. The molecule has 1 aromatic rings. The molecule has 0 radical (unpaired) electrons. The van der Waals surface area contributed by atoms with Gasteiger partial charge in [-0.3, -0.25) is 0 Å². The zero-order valence-electron chi connectivity index (χ0n) is 15.1. The van der Waals surface area contributed by atoms with Crippen LogP contribution in [0.5, 0.6) is 0 Å². The first-order valence-electron chi connectivity index (χ1n) is 9.47. The second-order valence-corrected chi connectivity index (χ2v) is 7.71. The number of β-amino-alcohol motifs (C(OH)–C–C–N with tert-alkyl or cyclic N) is 1. The predicted octanol–water partition coefficient (Wildman–Crippen LogP) is 0.739. The van der Waals surface area contributed by atoms with Crippen molar-refractivity contribution in [3.63, 3.8) is 0 Å². The van der Waals surface area contributed by atoms with Crippen LogP contribution in [0.2, 0.25) is 0 Å². The molecule has 1 spiro atoms. The molecule has 4 rings (SSSR count). The number of morpholine rings is 1. The lowest BCUT2D eigenvalue weighted by molar-refractivity contribution is -0.0886. The lowest BCUT2D eigenvalue weighted by atomic mass is 9.89. The fourth-order valence-electron chi connectivity index (χ4n) is 4.17. The third-order valence-electron chi connectivity index (χ3n) is 5.78. The van der Waals surface area contributed by atoms with E-state index in [-0.39, 0.29) is 11.7 Å². The van der Waals surface area contributed by atoms with Crippen LogP contribution in [-0.2, 0) is 4.74 Å². The standard InChI is InChI=1S/C18H29N5O2/c1-21-9-5-18(6-10-21)14-23(11-12-25-18)17-19-7-4-16(20-17)22-8-2-3-15(24)13-22/h4,7,15,24H,2-3,5-6,8-14H2,1H3. The molecular weight excluding hydrogens is 318 g/mol. The highest BCUT2D eigenvalue weighted by atomic mass is 16.5. The number of piperidine rings is 2. The van der Waals surface area contributed by atoms with E-state index in [4.69, 9.17) is 9.72 Å². The summed E-state index contributed by atoms with van der Waals surface area (Å²) in [5.41, 5.74) is -0.0502. The highest BCUT2D eigenvalue weighted by Gasteiger charge is 2.39. The van der Waals surface area contributed by atoms with E-state index in [0.717, 1.165) is 76.8 Å². The average Bonchev–Trinajstić information content (AvgIpc) is 2.65. The summed E-state index contributed by atoms with van der Waals surface area (Å²) in [6, 6.07) is 1.95. The van der Waals surface area contributed by atoms with E-state index in [1.807, 2.05) is 12.3 Å². The van der Waals surface area contributed by atoms with Crippen LogP contribution in [-0.4, -0.2) is 84.6 Å². The zero-order chi connectivity index (χ0) is 17.3. The summed E-state index contributed by atoms with van der Waals surface area (Å²) < 4.78 is 6.20. The second kappa shape index (κ2) is 7.05. The maximum absolute atomic E-state index is 9.93. The monoisotopic (exact) mass is 347 g/mol. The fraction of sp³-hybridized carbons (Fsp3) is 0.778. The van der Waals surface area contributed by atoms with Gasteiger partial charge in [0.25, 0.3) is 0 Å². The number of hydrogen-bond acceptors (Lipinski definition) is 7. The lowest BCUT2D eigenvalue weighted by Crippen LogP contribution is -2.56. The van der Waals surface area contributed by atoms with E-state index in [2.05, 4.69) is 26.7 Å². The van der Waals surface area contributed by atoms with Gasteiger partial charge in [0.05, 0.1) is 24.9 Å². The minimum atomic E-state index is -0.252. The molecule has 1 atom stereocenters. The van der Waals surface area contributed by atoms with Gasteiger partial charge in [-0.1, -0.05) is 0 Å². The van der Waals surface area contributed by atoms with Crippen LogP contribution in [0.1, 0.15) is 25.7 Å². The normalized spacial score (nSPS) is 27.7. The number of hydrogen-bond donors (Lipinski definition) is 1. The van der Waals surface area contributed by atoms with Crippen molar-refractivity contribution in [2.45, 2.75) is 37.4 Å². The third-order valence-corrected chi connectivity index (χ3v) is 5.78. The molecular formula is C18H29N5O2. The predicted molar refractivity (Wildman–Crippen MR) is 97.1 cm³/mol. The lowest BCUT2D eigenvalue weighted by Gasteiger charge is -2.46. The molecule has 3 fully saturated rings. The number of aromatic nitrogens is 2. The van der Waals surface area contributed by atoms with Crippen molar-refractivity contribution in [2.24, 2.45) is 0 Å². The molecule has 1 aromatic heterocycles. The number of aliphatic hydroxyl groups is 1. The van der Waals surface area contributed by atoms with Crippen molar-refractivity contribution < 1.29 is 9.84 Å². The Bertz CT molecular complexity index is 591. The molecule has 3 aliphatic rings. The number of likely N-dealkylation sites (tertiary alicyclic amines) is 1. The summed E-state index contributed by atoms with van der Waals surface area (Å²) in [6.45, 7) is 6.22. The quantitative estimate of drug-likeness (QED) is 0.846. The van der Waals surface area contributed by atoms with Gasteiger partial charge < -0.3 is 24.5 Å². The Balaban J connectivity index is 1.48. The molecule has 0 aliphatic carbocycles. The number of nitrogens with zero attached hydrogens (tertiary/aromatic N) is 5. The summed E-state index contributed by atoms with van der Waals surface area (Å²) >= 11 is 0. The molecule has 0 amide bonds. The van der Waals surface area contributed by atoms with Crippen LogP contribution in [0.4, 0.5) is 11.8 Å². The highest BCUT2D eigenvalue weighted by Crippen LogP contribution is 2.31. The summed E-state index contributed by atoms with van der Waals surface area (Å²) in [6.07, 6.45) is 5.62. The zero-order valence-corrected chi connectivity index (χ0v) is 15.1. The van der Waals surface area contributed by atoms with Crippen LogP contribution < -0.4 is 9.80 Å². The molecule has 3 aliphatic heterocycles. The Hall–Kier alpha value is -1.44. The number of aliphatic hydroxyl groups excluding tert-OH is 1. The van der Waals surface area contributed by atoms with E-state index >= 15 is 0 Å². The van der Waals surface area contributed by atoms with Gasteiger partial charge in [0, 0.05) is 38.9 Å². The van der Waals surface area contributed by atoms with E-state index < -0.39 is 0 Å². The smallest absolute Gasteiger partial charge is 0.227 e. The van der Waals surface area contributed by atoms with Crippen LogP contribution in [0.3, 0.4) is 0 Å². The Labute approximate surface area is 149 Å². The van der Waals surface area contributed by atoms with Gasteiger partial charge in [-0.25, -0.2) is 4.98 Å². The van der Waals surface area contributed by atoms with E-state index in [0.29, 0.717) is 6.54 Å². The van der Waals surface area contributed by atoms with E-state index in [1.165, 1.54) is 0 Å². The summed E-state index contributed by atoms with van der Waals surface area (Å²) in [5.74, 6) is 1.71. The SMILES string of the molecule is CN1CCC2(CC1)CN(c1nccc(N3CCCC(O)C3)n1)CCO2. The van der Waals surface area contributed by atoms with Gasteiger partial charge in [-0.15, -0.1) is 0 Å². The van der Waals surface area contributed by atoms with Gasteiger partial charge in [0.1, 0.15) is 5.82 Å². The minimum absolute atomic E-state index is 0.0502. The molecule has 1 N–H and O–H groups in total. The first kappa shape index (κ1) is 17.0. The summed E-state index contributed by atoms with van der Waals surface area (Å²) in [5, 5.41) is 9.93. The van der Waals surface area contributed by atoms with Crippen molar-refractivity contribution in [2.75, 3.05) is 62.7 Å². The molecule has 0 saturated carbocycles. The molecule has 0 bridgehead atoms. The third kappa shape index (κ3) is 3.73. The van der Waals surface area contributed by atoms with Gasteiger partial charge >= 0.3 is 0 Å². The van der Waals surface area contributed by atoms with Crippen LogP contribution >= 0.6 is 0 Å². The van der Waals surface area contributed by atoms with Gasteiger partial charge in [-0.2, -0.15) is 4.98 Å². The van der Waals surface area contributed by atoms with Gasteiger partial charge in [-0.05, 0) is 38.8 Å². The van der Waals surface area contributed by atoms with E-state index in [1.54, 1.807) is 0 Å². The molecule has 0 aromatic carbocycles. The maximum Gasteiger partial charge on any atom is 0.227 e. The molecule has 25 heavy (non-hydrogen) atoms. The van der Waals surface area contributed by atoms with Crippen molar-refractivity contribution in [1.82, 2.24) is 14.9 Å². The molecule has 4 heterocycles. The number of rotatable bonds is 2. The van der Waals surface area contributed by atoms with Gasteiger partial charge in [0.15, 0.2) is 0 Å². The van der Waals surface area contributed by atoms with Crippen molar-refractivity contribution in [3.05, 3.63) is 12.3 Å². The minimum Gasteiger partial charge on any atom is -0.391 e. The Morgan fingerprint density at radius 3 is 2.84 bits per heavy atom. The summed E-state index contributed by atoms with van der Waals surface area (Å²) in [4.78, 5) is 16.2. The Morgan fingerprint density at radius 2 is 2.04 bits per heavy atom. The molecule has 3 saturated heterocycles. The summed E-state index contributed by atoms with van der Waals surface area (Å²) in [7, 11) is 2.17. The van der Waals surface area contributed by atoms with Crippen molar-refractivity contribution in [3.8, 4) is 0 Å². The fourth-order valence-corrected chi connectivity index (χ4v) is 4.17. The number of ether oxygens (including phenoxy) is 1. The molecule has 1 unspecified atom stereocenters. The molecule has 7 nitrogen and oxygen atoms in total. The van der Waals surface area contributed by atoms with E-state index in [9.17, 15) is 5.11 Å². The highest BCUT2D eigenvalue weighted by molar-refractivity contribution is 5.44. The second-order valence-electron chi connectivity index (χ2n) is 7.71. The van der Waals surface area contributed by atoms with Crippen LogP contribution in [0, 0.1) is 0 Å². The van der Waals surface area contributed by atoms with Crippen LogP contribution in [0.25, 0.3) is 0 Å². The van der Waals surface area contributed by atoms with Crippen molar-refractivity contribution >= 4 is 11.8 Å². The first-order chi connectivity index (χ1) is 12.1.